The Hall–Kier alpha value is -1.16. The van der Waals surface area contributed by atoms with Gasteiger partial charge in [0.25, 0.3) is 0 Å². The van der Waals surface area contributed by atoms with E-state index in [1.807, 2.05) is 0 Å². The van der Waals surface area contributed by atoms with Crippen LogP contribution >= 0.6 is 0 Å². The number of likely N-dealkylation sites (N-methyl/N-ethyl adjacent to an activating group) is 5. The second kappa shape index (κ2) is 46.9. The van der Waals surface area contributed by atoms with Gasteiger partial charge in [-0.15, -0.1) is 13.2 Å². The molecule has 0 aromatic carbocycles. The van der Waals surface area contributed by atoms with Gasteiger partial charge in [-0.05, 0) is 62.9 Å². The van der Waals surface area contributed by atoms with E-state index < -0.39 is 0 Å². The van der Waals surface area contributed by atoms with Crippen LogP contribution in [-0.2, 0) is 18.9 Å². The van der Waals surface area contributed by atoms with E-state index in [9.17, 15) is 0 Å². The lowest BCUT2D eigenvalue weighted by molar-refractivity contribution is -0.00747. The Kier molecular flexibility index (Phi) is 47.7. The van der Waals surface area contributed by atoms with Gasteiger partial charge in [-0.3, -0.25) is 0 Å². The van der Waals surface area contributed by atoms with Gasteiger partial charge in [0.15, 0.2) is 0 Å². The van der Waals surface area contributed by atoms with E-state index in [1.165, 1.54) is 0 Å². The van der Waals surface area contributed by atoms with E-state index in [2.05, 4.69) is 138 Å². The molecule has 0 spiro atoms. The lowest BCUT2D eigenvalue weighted by atomic mass is 10.3. The van der Waals surface area contributed by atoms with Crippen LogP contribution in [-0.4, -0.2) is 270 Å². The Morgan fingerprint density at radius 2 is 0.776 bits per heavy atom. The molecule has 0 amide bonds. The number of nitrogens with zero attached hydrogens (tertiary/aromatic N) is 5. The number of hydrogen-bond acceptors (Lipinski definition) is 16. The molecular weight excluding hydrogens is 737 g/mol. The molecule has 16 heteroatoms. The molecule has 7 N–H and O–H groups in total. The fraction of sp³-hybridized carbons (Fsp3) is 0.905. The molecule has 16 nitrogen and oxygen atoms in total. The van der Waals surface area contributed by atoms with Crippen molar-refractivity contribution in [2.75, 3.05) is 233 Å². The summed E-state index contributed by atoms with van der Waals surface area (Å²) in [6, 6.07) is 0. The Balaban J connectivity index is 0. The smallest absolute Gasteiger partial charge is 0.0933 e. The number of nitrogens with one attached hydrogen (secondary N) is 7. The van der Waals surface area contributed by atoms with Crippen molar-refractivity contribution in [2.24, 2.45) is 0 Å². The summed E-state index contributed by atoms with van der Waals surface area (Å²) in [6.07, 6.45) is 3.66. The minimum atomic E-state index is 0.0563. The summed E-state index contributed by atoms with van der Waals surface area (Å²) in [4.78, 5) is 11.2. The molecule has 0 aliphatic heterocycles. The highest BCUT2D eigenvalue weighted by molar-refractivity contribution is 4.69. The van der Waals surface area contributed by atoms with Crippen molar-refractivity contribution in [3.05, 3.63) is 25.3 Å². The second-order valence-electron chi connectivity index (χ2n) is 15.4. The molecule has 0 aliphatic rings. The highest BCUT2D eigenvalue weighted by atomic mass is 16.5. The standard InChI is InChI=1S/C22H50N6O2.C20H46N6O2/c1-7-18-29-21-22(20-25-10-9-23-11-14-26(3)4)30-19-13-24-12-15-28(8-2)17-16-27(5)6;1-6-16-27-19-20(18-24-10-9-22-12-15-26(4)5)28-17-13-23-8-7-21-11-14-25(2)3/h7,22-25H,1,8-21H2,2-6H3;6,20-24H,1,7-19H2,2-5H3. The van der Waals surface area contributed by atoms with E-state index in [0.717, 1.165) is 137 Å². The fourth-order valence-electron chi connectivity index (χ4n) is 5.09. The second-order valence-corrected chi connectivity index (χ2v) is 15.4. The molecule has 0 fully saturated rings. The van der Waals surface area contributed by atoms with Crippen molar-refractivity contribution in [1.82, 2.24) is 61.7 Å². The molecule has 2 unspecified atom stereocenters. The summed E-state index contributed by atoms with van der Waals surface area (Å²) in [7, 11) is 16.8. The SMILES string of the molecule is C=CCOCC(CNCCNCCN(C)C)OCCNCCN(CC)CCN(C)C.C=CCOCC(CNCCNCCN(C)C)OCCNCCNCCN(C)C. The van der Waals surface area contributed by atoms with Gasteiger partial charge in [0.2, 0.25) is 0 Å². The highest BCUT2D eigenvalue weighted by Gasteiger charge is 2.10. The van der Waals surface area contributed by atoms with Crippen LogP contribution in [0.4, 0.5) is 0 Å². The van der Waals surface area contributed by atoms with Crippen molar-refractivity contribution in [2.45, 2.75) is 19.1 Å². The summed E-state index contributed by atoms with van der Waals surface area (Å²) in [5.41, 5.74) is 0. The quantitative estimate of drug-likeness (QED) is 0.0294. The van der Waals surface area contributed by atoms with Crippen LogP contribution in [0.1, 0.15) is 6.92 Å². The number of hydrogen-bond donors (Lipinski definition) is 7. The molecule has 0 rings (SSSR count). The van der Waals surface area contributed by atoms with E-state index in [4.69, 9.17) is 18.9 Å². The molecule has 58 heavy (non-hydrogen) atoms. The van der Waals surface area contributed by atoms with Crippen molar-refractivity contribution >= 4 is 0 Å². The Morgan fingerprint density at radius 3 is 1.14 bits per heavy atom. The van der Waals surface area contributed by atoms with Crippen molar-refractivity contribution < 1.29 is 18.9 Å². The maximum Gasteiger partial charge on any atom is 0.0933 e. The molecule has 0 saturated heterocycles. The van der Waals surface area contributed by atoms with Gasteiger partial charge in [-0.1, -0.05) is 19.1 Å². The predicted molar refractivity (Wildman–Crippen MR) is 248 cm³/mol. The highest BCUT2D eigenvalue weighted by Crippen LogP contribution is 1.95. The van der Waals surface area contributed by atoms with Gasteiger partial charge >= 0.3 is 0 Å². The minimum Gasteiger partial charge on any atom is -0.375 e. The molecule has 0 aliphatic carbocycles. The lowest BCUT2D eigenvalue weighted by Gasteiger charge is -2.23. The molecule has 0 heterocycles. The maximum absolute atomic E-state index is 6.03. The average molecular weight is 833 g/mol. The molecular formula is C42H96N12O4. The zero-order valence-electron chi connectivity index (χ0n) is 39.2. The molecule has 0 aromatic rings. The van der Waals surface area contributed by atoms with Gasteiger partial charge in [0.1, 0.15) is 0 Å². The van der Waals surface area contributed by atoms with Crippen LogP contribution in [0.25, 0.3) is 0 Å². The van der Waals surface area contributed by atoms with Crippen LogP contribution in [0, 0.1) is 0 Å². The summed E-state index contributed by atoms with van der Waals surface area (Å²) in [5.74, 6) is 0. The first-order valence-corrected chi connectivity index (χ1v) is 21.9. The number of rotatable bonds is 45. The van der Waals surface area contributed by atoms with Crippen LogP contribution < -0.4 is 37.2 Å². The summed E-state index contributed by atoms with van der Waals surface area (Å²) < 4.78 is 23.2. The third kappa shape index (κ3) is 49.2. The van der Waals surface area contributed by atoms with Gasteiger partial charge in [0.05, 0.1) is 51.8 Å². The first kappa shape index (κ1) is 58.9. The third-order valence-corrected chi connectivity index (χ3v) is 8.65. The van der Waals surface area contributed by atoms with Crippen molar-refractivity contribution in [3.8, 4) is 0 Å². The largest absolute Gasteiger partial charge is 0.375 e. The molecule has 0 radical (unpaired) electrons. The molecule has 0 bridgehead atoms. The zero-order valence-corrected chi connectivity index (χ0v) is 39.2. The number of ether oxygens (including phenoxy) is 4. The molecule has 0 saturated carbocycles. The van der Waals surface area contributed by atoms with Gasteiger partial charge in [-0.25, -0.2) is 0 Å². The Morgan fingerprint density at radius 1 is 0.431 bits per heavy atom. The maximum atomic E-state index is 6.03. The molecule has 2 atom stereocenters. The van der Waals surface area contributed by atoms with Crippen LogP contribution in [0.2, 0.25) is 0 Å². The first-order chi connectivity index (χ1) is 28.0. The van der Waals surface area contributed by atoms with Crippen LogP contribution in [0.5, 0.6) is 0 Å². The average Bonchev–Trinajstić information content (AvgIpc) is 3.18. The van der Waals surface area contributed by atoms with Crippen molar-refractivity contribution in [1.29, 1.82) is 0 Å². The lowest BCUT2D eigenvalue weighted by Crippen LogP contribution is -2.39. The normalized spacial score (nSPS) is 12.9. The molecule has 348 valence electrons. The van der Waals surface area contributed by atoms with E-state index in [0.29, 0.717) is 39.6 Å². The third-order valence-electron chi connectivity index (χ3n) is 8.65. The summed E-state index contributed by atoms with van der Waals surface area (Å²) in [6.45, 7) is 33.8. The predicted octanol–water partition coefficient (Wildman–Crippen LogP) is -1.16. The zero-order chi connectivity index (χ0) is 43.3. The monoisotopic (exact) mass is 833 g/mol. The summed E-state index contributed by atoms with van der Waals surface area (Å²) in [5, 5.41) is 24.1. The van der Waals surface area contributed by atoms with Gasteiger partial charge in [-0.2, -0.15) is 0 Å². The van der Waals surface area contributed by atoms with Crippen LogP contribution in [0.15, 0.2) is 25.3 Å². The molecule has 0 aromatic heterocycles. The minimum absolute atomic E-state index is 0.0563. The Labute approximate surface area is 357 Å². The summed E-state index contributed by atoms with van der Waals surface area (Å²) >= 11 is 0. The first-order valence-electron chi connectivity index (χ1n) is 21.9. The van der Waals surface area contributed by atoms with Gasteiger partial charge in [0, 0.05) is 131 Å². The Bertz CT molecular complexity index is 833. The fourth-order valence-corrected chi connectivity index (χ4v) is 5.09. The van der Waals surface area contributed by atoms with E-state index in [1.54, 1.807) is 12.2 Å². The van der Waals surface area contributed by atoms with Crippen LogP contribution in [0.3, 0.4) is 0 Å². The van der Waals surface area contributed by atoms with E-state index in [-0.39, 0.29) is 12.2 Å². The topological polar surface area (TPSA) is 137 Å². The van der Waals surface area contributed by atoms with Crippen molar-refractivity contribution in [3.63, 3.8) is 0 Å². The van der Waals surface area contributed by atoms with Gasteiger partial charge < -0.3 is 80.7 Å². The van der Waals surface area contributed by atoms with E-state index >= 15 is 0 Å².